The normalized spacial score (nSPS) is 14.1. The lowest BCUT2D eigenvalue weighted by molar-refractivity contribution is -0.166. The first-order valence-corrected chi connectivity index (χ1v) is 9.12. The van der Waals surface area contributed by atoms with E-state index in [9.17, 15) is 18.9 Å². The van der Waals surface area contributed by atoms with Crippen molar-refractivity contribution >= 4 is 18.0 Å². The molecule has 0 fully saturated rings. The molecule has 1 N–H and O–H groups in total. The van der Waals surface area contributed by atoms with Crippen LogP contribution in [0.3, 0.4) is 0 Å². The van der Waals surface area contributed by atoms with Crippen LogP contribution in [0.2, 0.25) is 0 Å². The summed E-state index contributed by atoms with van der Waals surface area (Å²) in [6.07, 6.45) is -0.586. The second kappa shape index (κ2) is 9.90. The second-order valence-corrected chi connectivity index (χ2v) is 9.14. The minimum atomic E-state index is -1.19. The van der Waals surface area contributed by atoms with Crippen LogP contribution in [0.5, 0.6) is 0 Å². The number of ether oxygens (including phenoxy) is 2. The molecule has 0 aromatic rings. The highest BCUT2D eigenvalue weighted by Crippen LogP contribution is 2.47. The molecule has 1 atom stereocenters. The fourth-order valence-corrected chi connectivity index (χ4v) is 2.61. The Bertz CT molecular complexity index is 525. The van der Waals surface area contributed by atoms with Gasteiger partial charge in [0.05, 0.1) is 18.5 Å². The first kappa shape index (κ1) is 25.1. The summed E-state index contributed by atoms with van der Waals surface area (Å²) < 4.78 is 23.6. The smallest absolute Gasteiger partial charge is 0.438 e. The average molecular weight is 390 g/mol. The molecule has 1 unspecified atom stereocenters. The van der Waals surface area contributed by atoms with Gasteiger partial charge in [0, 0.05) is 6.92 Å². The maximum atomic E-state index is 13.7. The zero-order valence-corrected chi connectivity index (χ0v) is 17.9. The van der Waals surface area contributed by atoms with Gasteiger partial charge < -0.3 is 14.8 Å². The Labute approximate surface area is 161 Å². The summed E-state index contributed by atoms with van der Waals surface area (Å²) in [7, 11) is 0. The highest BCUT2D eigenvalue weighted by Gasteiger charge is 2.47. The third kappa shape index (κ3) is 9.06. The van der Waals surface area contributed by atoms with Gasteiger partial charge in [-0.15, -0.1) is 5.12 Å². The van der Waals surface area contributed by atoms with Crippen molar-refractivity contribution < 1.29 is 28.3 Å². The van der Waals surface area contributed by atoms with Crippen molar-refractivity contribution in [3.05, 3.63) is 0 Å². The van der Waals surface area contributed by atoms with Gasteiger partial charge >= 0.3 is 12.1 Å². The van der Waals surface area contributed by atoms with Crippen LogP contribution in [-0.2, 0) is 19.1 Å². The molecule has 0 aromatic carbocycles. The van der Waals surface area contributed by atoms with Crippen LogP contribution >= 0.6 is 0 Å². The van der Waals surface area contributed by atoms with Gasteiger partial charge in [0.1, 0.15) is 13.2 Å². The fraction of sp³-hybridized carbons (Fsp3) is 0.842. The number of carbonyl (C=O) groups is 3. The molecular weight excluding hydrogens is 355 g/mol. The molecule has 0 aliphatic rings. The molecule has 0 rings (SSSR count). The van der Waals surface area contributed by atoms with Crippen LogP contribution in [0, 0.1) is 16.2 Å². The first-order chi connectivity index (χ1) is 12.1. The number of rotatable bonds is 8. The van der Waals surface area contributed by atoms with Crippen molar-refractivity contribution in [2.75, 3.05) is 26.3 Å². The van der Waals surface area contributed by atoms with Gasteiger partial charge in [-0.05, 0) is 24.2 Å². The lowest BCUT2D eigenvalue weighted by atomic mass is 9.61. The van der Waals surface area contributed by atoms with Gasteiger partial charge in [0.15, 0.2) is 0 Å². The Morgan fingerprint density at radius 1 is 0.963 bits per heavy atom. The van der Waals surface area contributed by atoms with Gasteiger partial charge in [0.2, 0.25) is 5.91 Å². The van der Waals surface area contributed by atoms with E-state index in [2.05, 4.69) is 10.1 Å². The van der Waals surface area contributed by atoms with Crippen molar-refractivity contribution in [1.29, 1.82) is 0 Å². The van der Waals surface area contributed by atoms with Gasteiger partial charge in [0.25, 0.3) is 0 Å². The zero-order valence-electron chi connectivity index (χ0n) is 17.9. The quantitative estimate of drug-likeness (QED) is 0.390. The summed E-state index contributed by atoms with van der Waals surface area (Å²) in [5.41, 5.74) is -1.20. The molecule has 0 aliphatic carbocycles. The number of nitrogens with one attached hydrogen (secondary N) is 1. The number of amides is 2. The molecule has 0 saturated heterocycles. The number of hydrogen-bond acceptors (Lipinski definition) is 5. The maximum Gasteiger partial charge on any atom is 0.438 e. The molecule has 2 amide bonds. The second-order valence-electron chi connectivity index (χ2n) is 9.14. The fourth-order valence-electron chi connectivity index (χ4n) is 2.61. The number of halogens is 1. The van der Waals surface area contributed by atoms with E-state index in [1.807, 2.05) is 48.5 Å². The van der Waals surface area contributed by atoms with E-state index >= 15 is 0 Å². The third-order valence-corrected chi connectivity index (χ3v) is 4.41. The Morgan fingerprint density at radius 3 is 1.96 bits per heavy atom. The molecule has 0 saturated carbocycles. The SMILES string of the molecule is CC(=O)NCCOC(=O)N(F)CCOC(=O)C(C)(CC(C)(C)C)C(C)(C)C. The van der Waals surface area contributed by atoms with Crippen LogP contribution in [0.4, 0.5) is 9.28 Å². The number of hydrogen-bond donors (Lipinski definition) is 1. The van der Waals surface area contributed by atoms with E-state index < -0.39 is 24.0 Å². The van der Waals surface area contributed by atoms with Gasteiger partial charge in [-0.3, -0.25) is 9.59 Å². The monoisotopic (exact) mass is 390 g/mol. The molecule has 0 bridgehead atoms. The van der Waals surface area contributed by atoms with Crippen molar-refractivity contribution in [1.82, 2.24) is 10.4 Å². The van der Waals surface area contributed by atoms with E-state index in [0.29, 0.717) is 6.42 Å². The number of esters is 1. The predicted molar refractivity (Wildman–Crippen MR) is 100 cm³/mol. The van der Waals surface area contributed by atoms with Crippen LogP contribution in [0.25, 0.3) is 0 Å². The van der Waals surface area contributed by atoms with E-state index in [0.717, 1.165) is 0 Å². The molecular formula is C19H35FN2O5. The summed E-state index contributed by atoms with van der Waals surface area (Å²) in [4.78, 5) is 34.9. The largest absolute Gasteiger partial charge is 0.463 e. The Morgan fingerprint density at radius 2 is 1.52 bits per heavy atom. The Balaban J connectivity index is 4.57. The predicted octanol–water partition coefficient (Wildman–Crippen LogP) is 3.48. The van der Waals surface area contributed by atoms with Crippen LogP contribution < -0.4 is 5.32 Å². The highest BCUT2D eigenvalue weighted by atomic mass is 19.2. The van der Waals surface area contributed by atoms with Crippen molar-refractivity contribution in [2.24, 2.45) is 16.2 Å². The lowest BCUT2D eigenvalue weighted by Crippen LogP contribution is -2.45. The van der Waals surface area contributed by atoms with Crippen LogP contribution in [-0.4, -0.2) is 49.4 Å². The number of nitrogens with zero attached hydrogens (tertiary/aromatic N) is 1. The van der Waals surface area contributed by atoms with E-state index in [1.54, 1.807) is 0 Å². The molecule has 0 radical (unpaired) electrons. The summed E-state index contributed by atoms with van der Waals surface area (Å²) in [6, 6.07) is 0. The summed E-state index contributed by atoms with van der Waals surface area (Å²) in [5.74, 6) is -0.690. The zero-order chi connectivity index (χ0) is 21.5. The summed E-state index contributed by atoms with van der Waals surface area (Å²) in [6.45, 7) is 14.5. The highest BCUT2D eigenvalue weighted by molar-refractivity contribution is 5.77. The topological polar surface area (TPSA) is 84.9 Å². The third-order valence-electron chi connectivity index (χ3n) is 4.41. The standard InChI is InChI=1S/C19H35FN2O5/c1-14(23)21-9-11-27-16(25)22(20)10-12-26-15(24)19(8,18(5,6)7)13-17(2,3)4/h9-13H2,1-8H3,(H,21,23). The molecule has 0 aliphatic heterocycles. The van der Waals surface area contributed by atoms with Crippen molar-refractivity contribution in [3.63, 3.8) is 0 Å². The van der Waals surface area contributed by atoms with Crippen molar-refractivity contribution in [2.45, 2.75) is 61.8 Å². The molecule has 8 heteroatoms. The van der Waals surface area contributed by atoms with E-state index in [1.165, 1.54) is 6.92 Å². The molecule has 7 nitrogen and oxygen atoms in total. The molecule has 158 valence electrons. The Kier molecular flexibility index (Phi) is 9.21. The van der Waals surface area contributed by atoms with E-state index in [-0.39, 0.29) is 41.6 Å². The minimum absolute atomic E-state index is 0.0924. The molecule has 0 spiro atoms. The summed E-state index contributed by atoms with van der Waals surface area (Å²) >= 11 is 0. The molecule has 27 heavy (non-hydrogen) atoms. The van der Waals surface area contributed by atoms with Gasteiger partial charge in [-0.2, -0.15) is 0 Å². The van der Waals surface area contributed by atoms with Crippen LogP contribution in [0.1, 0.15) is 61.8 Å². The average Bonchev–Trinajstić information content (AvgIpc) is 2.47. The van der Waals surface area contributed by atoms with Crippen molar-refractivity contribution in [3.8, 4) is 0 Å². The summed E-state index contributed by atoms with van der Waals surface area (Å²) in [5, 5.41) is 2.27. The minimum Gasteiger partial charge on any atom is -0.463 e. The maximum absolute atomic E-state index is 13.7. The number of carbonyl (C=O) groups excluding carboxylic acids is 3. The van der Waals surface area contributed by atoms with Crippen LogP contribution in [0.15, 0.2) is 0 Å². The Hall–Kier alpha value is -1.86. The first-order valence-electron chi connectivity index (χ1n) is 9.12. The molecule has 0 aromatic heterocycles. The molecule has 0 heterocycles. The van der Waals surface area contributed by atoms with Gasteiger partial charge in [-0.1, -0.05) is 46.0 Å². The lowest BCUT2D eigenvalue weighted by Gasteiger charge is -2.43. The van der Waals surface area contributed by atoms with Gasteiger partial charge in [-0.25, -0.2) is 4.79 Å². The van der Waals surface area contributed by atoms with E-state index in [4.69, 9.17) is 4.74 Å².